The van der Waals surface area contributed by atoms with Gasteiger partial charge < -0.3 is 15.5 Å². The molecule has 0 bridgehead atoms. The standard InChI is InChI=1S/C19H24N4O3/c24-16(15-9-5-11-23(15)14-7-2-1-3-8-14)20-12-13-6-4-10-19(13)17(25)21-18(26)22-19/h1-3,7-8,13,15H,4-6,9-12H2,(H,20,24)(H2,21,22,25,26). The fourth-order valence-corrected chi connectivity index (χ4v) is 4.63. The molecule has 0 radical (unpaired) electrons. The average Bonchev–Trinajstić information content (AvgIpc) is 3.34. The molecule has 1 aliphatic carbocycles. The Bertz CT molecular complexity index is 723. The maximum atomic E-state index is 12.8. The number of carbonyl (C=O) groups excluding carboxylic acids is 3. The lowest BCUT2D eigenvalue weighted by Gasteiger charge is -2.30. The van der Waals surface area contributed by atoms with Crippen molar-refractivity contribution < 1.29 is 14.4 Å². The zero-order valence-corrected chi connectivity index (χ0v) is 14.7. The van der Waals surface area contributed by atoms with Crippen LogP contribution < -0.4 is 20.9 Å². The summed E-state index contributed by atoms with van der Waals surface area (Å²) in [6, 6.07) is 9.36. The van der Waals surface area contributed by atoms with Crippen LogP contribution in [0.4, 0.5) is 10.5 Å². The molecule has 1 aromatic carbocycles. The Balaban J connectivity index is 1.41. The highest BCUT2D eigenvalue weighted by Crippen LogP contribution is 2.37. The van der Waals surface area contributed by atoms with Crippen molar-refractivity contribution in [2.24, 2.45) is 5.92 Å². The minimum Gasteiger partial charge on any atom is -0.360 e. The van der Waals surface area contributed by atoms with Gasteiger partial charge in [-0.3, -0.25) is 14.9 Å². The van der Waals surface area contributed by atoms with Crippen molar-refractivity contribution in [3.63, 3.8) is 0 Å². The third kappa shape index (κ3) is 2.81. The molecule has 138 valence electrons. The second-order valence-corrected chi connectivity index (χ2v) is 7.40. The van der Waals surface area contributed by atoms with E-state index in [4.69, 9.17) is 0 Å². The van der Waals surface area contributed by atoms with Gasteiger partial charge in [0, 0.05) is 24.7 Å². The third-order valence-corrected chi connectivity index (χ3v) is 5.96. The van der Waals surface area contributed by atoms with Gasteiger partial charge in [0.05, 0.1) is 0 Å². The lowest BCUT2D eigenvalue weighted by Crippen LogP contribution is -2.54. The van der Waals surface area contributed by atoms with E-state index in [1.54, 1.807) is 0 Å². The third-order valence-electron chi connectivity index (χ3n) is 5.96. The van der Waals surface area contributed by atoms with Crippen molar-refractivity contribution in [2.45, 2.75) is 43.7 Å². The number of para-hydroxylation sites is 1. The zero-order valence-electron chi connectivity index (χ0n) is 14.7. The van der Waals surface area contributed by atoms with Crippen LogP contribution in [0, 0.1) is 5.92 Å². The Morgan fingerprint density at radius 2 is 2.00 bits per heavy atom. The van der Waals surface area contributed by atoms with Gasteiger partial charge in [-0.1, -0.05) is 24.6 Å². The normalized spacial score (nSPS) is 30.5. The first-order chi connectivity index (χ1) is 12.6. The van der Waals surface area contributed by atoms with Crippen molar-refractivity contribution in [1.29, 1.82) is 0 Å². The van der Waals surface area contributed by atoms with Crippen molar-refractivity contribution >= 4 is 23.5 Å². The summed E-state index contributed by atoms with van der Waals surface area (Å²) in [7, 11) is 0. The SMILES string of the molecule is O=C1NC(=O)C2(CCCC2CNC(=O)C2CCCN2c2ccccc2)N1. The van der Waals surface area contributed by atoms with Crippen molar-refractivity contribution in [1.82, 2.24) is 16.0 Å². The molecule has 26 heavy (non-hydrogen) atoms. The number of anilines is 1. The second-order valence-electron chi connectivity index (χ2n) is 7.40. The van der Waals surface area contributed by atoms with Gasteiger partial charge in [0.15, 0.2) is 0 Å². The highest BCUT2D eigenvalue weighted by atomic mass is 16.2. The Morgan fingerprint density at radius 3 is 2.73 bits per heavy atom. The first-order valence-corrected chi connectivity index (χ1v) is 9.33. The Kier molecular flexibility index (Phi) is 4.30. The van der Waals surface area contributed by atoms with Crippen LogP contribution in [-0.2, 0) is 9.59 Å². The van der Waals surface area contributed by atoms with Crippen LogP contribution in [0.2, 0.25) is 0 Å². The number of imide groups is 1. The first-order valence-electron chi connectivity index (χ1n) is 9.33. The van der Waals surface area contributed by atoms with E-state index in [0.29, 0.717) is 13.0 Å². The smallest absolute Gasteiger partial charge is 0.322 e. The number of amides is 4. The molecule has 3 N–H and O–H groups in total. The molecule has 4 amide bonds. The molecule has 3 fully saturated rings. The molecule has 1 aromatic rings. The molecular weight excluding hydrogens is 332 g/mol. The summed E-state index contributed by atoms with van der Waals surface area (Å²) in [5.41, 5.74) is 0.212. The van der Waals surface area contributed by atoms with Crippen LogP contribution in [0.3, 0.4) is 0 Å². The quantitative estimate of drug-likeness (QED) is 0.706. The number of nitrogens with one attached hydrogen (secondary N) is 3. The molecule has 3 aliphatic rings. The van der Waals surface area contributed by atoms with E-state index in [9.17, 15) is 14.4 Å². The van der Waals surface area contributed by atoms with E-state index in [2.05, 4.69) is 20.9 Å². The zero-order chi connectivity index (χ0) is 18.1. The van der Waals surface area contributed by atoms with Gasteiger partial charge in [0.2, 0.25) is 5.91 Å². The Labute approximate surface area is 152 Å². The van der Waals surface area contributed by atoms with Crippen molar-refractivity contribution in [2.75, 3.05) is 18.0 Å². The molecule has 7 heteroatoms. The number of nitrogens with zero attached hydrogens (tertiary/aromatic N) is 1. The van der Waals surface area contributed by atoms with Crippen LogP contribution in [0.5, 0.6) is 0 Å². The minimum atomic E-state index is -0.848. The molecule has 1 spiro atoms. The fraction of sp³-hybridized carbons (Fsp3) is 0.526. The Hall–Kier alpha value is -2.57. The molecule has 3 atom stereocenters. The summed E-state index contributed by atoms with van der Waals surface area (Å²) in [5, 5.41) is 8.18. The number of rotatable bonds is 4. The van der Waals surface area contributed by atoms with Gasteiger partial charge >= 0.3 is 6.03 Å². The number of urea groups is 1. The molecule has 2 saturated heterocycles. The minimum absolute atomic E-state index is 0.00173. The summed E-state index contributed by atoms with van der Waals surface area (Å²) >= 11 is 0. The lowest BCUT2D eigenvalue weighted by atomic mass is 9.87. The van der Waals surface area contributed by atoms with Gasteiger partial charge in [0.1, 0.15) is 11.6 Å². The molecule has 2 aliphatic heterocycles. The fourth-order valence-electron chi connectivity index (χ4n) is 4.63. The summed E-state index contributed by atoms with van der Waals surface area (Å²) in [6.07, 6.45) is 4.13. The molecular formula is C19H24N4O3. The lowest BCUT2D eigenvalue weighted by molar-refractivity contribution is -0.126. The predicted molar refractivity (Wildman–Crippen MR) is 96.6 cm³/mol. The highest BCUT2D eigenvalue weighted by Gasteiger charge is 2.54. The maximum absolute atomic E-state index is 12.8. The summed E-state index contributed by atoms with van der Waals surface area (Å²) in [6.45, 7) is 1.28. The van der Waals surface area contributed by atoms with Gasteiger partial charge in [-0.2, -0.15) is 0 Å². The van der Waals surface area contributed by atoms with E-state index in [-0.39, 0.29) is 23.8 Å². The molecule has 7 nitrogen and oxygen atoms in total. The van der Waals surface area contributed by atoms with Gasteiger partial charge in [-0.15, -0.1) is 0 Å². The molecule has 1 saturated carbocycles. The molecule has 4 rings (SSSR count). The average molecular weight is 356 g/mol. The summed E-state index contributed by atoms with van der Waals surface area (Å²) < 4.78 is 0. The van der Waals surface area contributed by atoms with E-state index in [1.165, 1.54) is 0 Å². The van der Waals surface area contributed by atoms with Crippen LogP contribution >= 0.6 is 0 Å². The van der Waals surface area contributed by atoms with Crippen LogP contribution in [0.1, 0.15) is 32.1 Å². The van der Waals surface area contributed by atoms with Crippen molar-refractivity contribution in [3.8, 4) is 0 Å². The number of benzene rings is 1. The topological polar surface area (TPSA) is 90.5 Å². The second kappa shape index (κ2) is 6.63. The van der Waals surface area contributed by atoms with Crippen LogP contribution in [-0.4, -0.2) is 42.5 Å². The van der Waals surface area contributed by atoms with Crippen molar-refractivity contribution in [3.05, 3.63) is 30.3 Å². The maximum Gasteiger partial charge on any atom is 0.322 e. The monoisotopic (exact) mass is 356 g/mol. The largest absolute Gasteiger partial charge is 0.360 e. The molecule has 0 aromatic heterocycles. The molecule has 3 unspecified atom stereocenters. The van der Waals surface area contributed by atoms with Crippen LogP contribution in [0.25, 0.3) is 0 Å². The highest BCUT2D eigenvalue weighted by molar-refractivity contribution is 6.07. The van der Waals surface area contributed by atoms with E-state index >= 15 is 0 Å². The van der Waals surface area contributed by atoms with E-state index < -0.39 is 11.6 Å². The van der Waals surface area contributed by atoms with E-state index in [1.807, 2.05) is 30.3 Å². The number of carbonyl (C=O) groups is 3. The Morgan fingerprint density at radius 1 is 1.19 bits per heavy atom. The summed E-state index contributed by atoms with van der Waals surface area (Å²) in [5.74, 6) is -0.325. The first kappa shape index (κ1) is 16.9. The number of hydrogen-bond acceptors (Lipinski definition) is 4. The van der Waals surface area contributed by atoms with Gasteiger partial charge in [-0.05, 0) is 37.8 Å². The van der Waals surface area contributed by atoms with E-state index in [0.717, 1.165) is 37.9 Å². The van der Waals surface area contributed by atoms with Gasteiger partial charge in [-0.25, -0.2) is 4.79 Å². The number of hydrogen-bond donors (Lipinski definition) is 3. The summed E-state index contributed by atoms with van der Waals surface area (Å²) in [4.78, 5) is 38.7. The van der Waals surface area contributed by atoms with Gasteiger partial charge in [0.25, 0.3) is 5.91 Å². The van der Waals surface area contributed by atoms with Crippen LogP contribution in [0.15, 0.2) is 30.3 Å². The predicted octanol–water partition coefficient (Wildman–Crippen LogP) is 1.15. The molecule has 2 heterocycles.